The zero-order valence-corrected chi connectivity index (χ0v) is 22.1. The van der Waals surface area contributed by atoms with Crippen LogP contribution in [0.25, 0.3) is 5.76 Å². The van der Waals surface area contributed by atoms with Crippen molar-refractivity contribution < 1.29 is 28.9 Å². The number of nitrogens with zero attached hydrogens (tertiary/aromatic N) is 2. The number of aliphatic hydroxyl groups excluding tert-OH is 1. The highest BCUT2D eigenvalue weighted by Gasteiger charge is 2.48. The molecule has 1 fully saturated rings. The zero-order valence-electron chi connectivity index (χ0n) is 21.3. The molecule has 8 nitrogen and oxygen atoms in total. The van der Waals surface area contributed by atoms with Gasteiger partial charge in [0, 0.05) is 17.1 Å². The second kappa shape index (κ2) is 11.5. The highest BCUT2D eigenvalue weighted by atomic mass is 32.1. The van der Waals surface area contributed by atoms with Crippen LogP contribution in [0.5, 0.6) is 17.2 Å². The molecule has 1 atom stereocenters. The van der Waals surface area contributed by atoms with Crippen molar-refractivity contribution in [3.05, 3.63) is 70.7 Å². The van der Waals surface area contributed by atoms with Gasteiger partial charge in [-0.1, -0.05) is 32.0 Å². The molecule has 4 rings (SSSR count). The first-order valence-electron chi connectivity index (χ1n) is 12.1. The fourth-order valence-corrected chi connectivity index (χ4v) is 4.78. The summed E-state index contributed by atoms with van der Waals surface area (Å²) in [6.07, 6.45) is 2.45. The lowest BCUT2D eigenvalue weighted by molar-refractivity contribution is -0.132. The van der Waals surface area contributed by atoms with Crippen LogP contribution in [0.4, 0.5) is 5.13 Å². The maximum atomic E-state index is 13.3. The molecule has 0 radical (unpaired) electrons. The van der Waals surface area contributed by atoms with E-state index in [1.54, 1.807) is 54.0 Å². The molecule has 0 aliphatic carbocycles. The van der Waals surface area contributed by atoms with E-state index in [4.69, 9.17) is 14.2 Å². The van der Waals surface area contributed by atoms with Crippen molar-refractivity contribution in [1.82, 2.24) is 4.98 Å². The van der Waals surface area contributed by atoms with Crippen LogP contribution in [0.15, 0.2) is 59.6 Å². The van der Waals surface area contributed by atoms with Gasteiger partial charge < -0.3 is 19.3 Å². The van der Waals surface area contributed by atoms with E-state index in [1.165, 1.54) is 23.3 Å². The SMILES string of the molecule is CCOc1cccc(C(O)=C2C(=O)C(=O)N(c3nccs3)C2c2ccc(OCCC(C)C)c(OC)c2)c1. The Balaban J connectivity index is 1.83. The molecule has 0 bridgehead atoms. The van der Waals surface area contributed by atoms with Gasteiger partial charge in [0.25, 0.3) is 5.78 Å². The number of hydrogen-bond donors (Lipinski definition) is 1. The van der Waals surface area contributed by atoms with Gasteiger partial charge in [0.15, 0.2) is 16.6 Å². The molecule has 9 heteroatoms. The Morgan fingerprint density at radius 2 is 1.95 bits per heavy atom. The Kier molecular flexibility index (Phi) is 8.13. The molecule has 194 valence electrons. The van der Waals surface area contributed by atoms with E-state index in [1.807, 2.05) is 6.92 Å². The molecule has 2 aromatic carbocycles. The van der Waals surface area contributed by atoms with Crippen LogP contribution in [0.2, 0.25) is 0 Å². The van der Waals surface area contributed by atoms with Gasteiger partial charge in [-0.2, -0.15) is 0 Å². The van der Waals surface area contributed by atoms with Crippen molar-refractivity contribution in [3.63, 3.8) is 0 Å². The molecular weight excluding hydrogens is 492 g/mol. The van der Waals surface area contributed by atoms with Crippen molar-refractivity contribution in [2.75, 3.05) is 25.2 Å². The number of aromatic nitrogens is 1. The van der Waals surface area contributed by atoms with E-state index in [2.05, 4.69) is 18.8 Å². The Hall–Kier alpha value is -3.85. The maximum Gasteiger partial charge on any atom is 0.301 e. The van der Waals surface area contributed by atoms with Crippen molar-refractivity contribution in [1.29, 1.82) is 0 Å². The number of aliphatic hydroxyl groups is 1. The number of carbonyl (C=O) groups is 2. The molecule has 1 aromatic heterocycles. The third-order valence-electron chi connectivity index (χ3n) is 5.94. The maximum absolute atomic E-state index is 13.3. The smallest absolute Gasteiger partial charge is 0.301 e. The van der Waals surface area contributed by atoms with Gasteiger partial charge in [0.1, 0.15) is 11.5 Å². The molecule has 37 heavy (non-hydrogen) atoms. The second-order valence-electron chi connectivity index (χ2n) is 8.89. The Labute approximate surface area is 220 Å². The number of anilines is 1. The van der Waals surface area contributed by atoms with E-state index >= 15 is 0 Å². The van der Waals surface area contributed by atoms with Crippen LogP contribution in [-0.2, 0) is 9.59 Å². The lowest BCUT2D eigenvalue weighted by Crippen LogP contribution is -2.29. The summed E-state index contributed by atoms with van der Waals surface area (Å²) in [6.45, 7) is 7.08. The number of amides is 1. The summed E-state index contributed by atoms with van der Waals surface area (Å²) in [5.41, 5.74) is 0.906. The van der Waals surface area contributed by atoms with Gasteiger partial charge in [-0.3, -0.25) is 14.5 Å². The molecule has 1 unspecified atom stereocenters. The summed E-state index contributed by atoms with van der Waals surface area (Å²) in [4.78, 5) is 32.2. The van der Waals surface area contributed by atoms with Crippen LogP contribution >= 0.6 is 11.3 Å². The molecule has 3 aromatic rings. The number of methoxy groups -OCH3 is 1. The van der Waals surface area contributed by atoms with Gasteiger partial charge in [-0.15, -0.1) is 11.3 Å². The normalized spacial score (nSPS) is 16.9. The molecule has 0 saturated carbocycles. The Morgan fingerprint density at radius 1 is 1.14 bits per heavy atom. The highest BCUT2D eigenvalue weighted by Crippen LogP contribution is 2.44. The molecule has 2 heterocycles. The summed E-state index contributed by atoms with van der Waals surface area (Å²) >= 11 is 1.23. The van der Waals surface area contributed by atoms with E-state index in [-0.39, 0.29) is 11.3 Å². The van der Waals surface area contributed by atoms with Gasteiger partial charge >= 0.3 is 5.91 Å². The minimum Gasteiger partial charge on any atom is -0.507 e. The van der Waals surface area contributed by atoms with Crippen LogP contribution in [-0.4, -0.2) is 42.1 Å². The summed E-state index contributed by atoms with van der Waals surface area (Å²) in [5.74, 6) is 0.202. The van der Waals surface area contributed by atoms with Crippen molar-refractivity contribution in [2.45, 2.75) is 33.2 Å². The first kappa shape index (κ1) is 26.2. The summed E-state index contributed by atoms with van der Waals surface area (Å²) in [7, 11) is 1.53. The quantitative estimate of drug-likeness (QED) is 0.210. The van der Waals surface area contributed by atoms with Gasteiger partial charge in [-0.05, 0) is 49.1 Å². The molecule has 0 spiro atoms. The van der Waals surface area contributed by atoms with Crippen LogP contribution in [0.1, 0.15) is 44.4 Å². The highest BCUT2D eigenvalue weighted by molar-refractivity contribution is 7.14. The molecule has 1 saturated heterocycles. The van der Waals surface area contributed by atoms with E-state index in [9.17, 15) is 14.7 Å². The van der Waals surface area contributed by atoms with Crippen molar-refractivity contribution >= 4 is 33.9 Å². The average molecular weight is 523 g/mol. The minimum atomic E-state index is -0.916. The number of carbonyl (C=O) groups excluding carboxylic acids is 2. The predicted octanol–water partition coefficient (Wildman–Crippen LogP) is 5.60. The largest absolute Gasteiger partial charge is 0.507 e. The number of rotatable bonds is 10. The van der Waals surface area contributed by atoms with Crippen LogP contribution < -0.4 is 19.1 Å². The summed E-state index contributed by atoms with van der Waals surface area (Å²) in [6, 6.07) is 11.1. The lowest BCUT2D eigenvalue weighted by atomic mass is 9.95. The van der Waals surface area contributed by atoms with E-state index < -0.39 is 17.7 Å². The number of thiazole rings is 1. The fourth-order valence-electron chi connectivity index (χ4n) is 4.11. The van der Waals surface area contributed by atoms with E-state index in [0.29, 0.717) is 52.6 Å². The average Bonchev–Trinajstić information content (AvgIpc) is 3.50. The molecule has 1 N–H and O–H groups in total. The summed E-state index contributed by atoms with van der Waals surface area (Å²) in [5, 5.41) is 13.4. The first-order valence-corrected chi connectivity index (χ1v) is 13.0. The third kappa shape index (κ3) is 5.46. The molecule has 1 amide bonds. The fraction of sp³-hybridized carbons (Fsp3) is 0.321. The number of ether oxygens (including phenoxy) is 3. The number of Topliss-reactive ketones (excluding diaryl/α,β-unsaturated/α-hetero) is 1. The van der Waals surface area contributed by atoms with Gasteiger partial charge in [0.05, 0.1) is 31.9 Å². The van der Waals surface area contributed by atoms with Gasteiger partial charge in [0.2, 0.25) is 0 Å². The standard InChI is InChI=1S/C28H30N2O6S/c1-5-35-20-8-6-7-19(15-20)25(31)23-24(30(27(33)26(23)32)28-29-12-14-37-28)18-9-10-21(22(16-18)34-4)36-13-11-17(2)3/h6-10,12,14-17,24,31H,5,11,13H2,1-4H3. The van der Waals surface area contributed by atoms with Crippen LogP contribution in [0, 0.1) is 5.92 Å². The third-order valence-corrected chi connectivity index (χ3v) is 6.72. The van der Waals surface area contributed by atoms with Crippen molar-refractivity contribution in [3.8, 4) is 17.2 Å². The molecular formula is C28H30N2O6S. The Morgan fingerprint density at radius 3 is 2.62 bits per heavy atom. The molecule has 1 aliphatic heterocycles. The number of hydrogen-bond acceptors (Lipinski definition) is 8. The minimum absolute atomic E-state index is 0.0376. The topological polar surface area (TPSA) is 98.2 Å². The van der Waals surface area contributed by atoms with Crippen molar-refractivity contribution in [2.24, 2.45) is 5.92 Å². The van der Waals surface area contributed by atoms with E-state index in [0.717, 1.165) is 6.42 Å². The zero-order chi connectivity index (χ0) is 26.5. The number of benzene rings is 2. The summed E-state index contributed by atoms with van der Waals surface area (Å²) < 4.78 is 17.1. The molecule has 1 aliphatic rings. The second-order valence-corrected chi connectivity index (χ2v) is 9.76. The monoisotopic (exact) mass is 522 g/mol. The predicted molar refractivity (Wildman–Crippen MR) is 142 cm³/mol. The van der Waals surface area contributed by atoms with Crippen LogP contribution in [0.3, 0.4) is 0 Å². The lowest BCUT2D eigenvalue weighted by Gasteiger charge is -2.24. The van der Waals surface area contributed by atoms with Gasteiger partial charge in [-0.25, -0.2) is 4.98 Å². The first-order chi connectivity index (χ1) is 17.8. The number of ketones is 1. The Bertz CT molecular complexity index is 1300.